The van der Waals surface area contributed by atoms with Crippen LogP contribution in [0.25, 0.3) is 0 Å². The van der Waals surface area contributed by atoms with Crippen LogP contribution in [0.4, 0.5) is 15.8 Å². The SMILES string of the molecule is O=C(Cc1ccc(F)cc1)N1CCc2ccc(N3CCOCC3)cc21. The molecule has 130 valence electrons. The predicted molar refractivity (Wildman–Crippen MR) is 95.6 cm³/mol. The number of carbonyl (C=O) groups is 1. The zero-order chi connectivity index (χ0) is 17.2. The average Bonchev–Trinajstić information content (AvgIpc) is 3.07. The van der Waals surface area contributed by atoms with Gasteiger partial charge in [0, 0.05) is 31.0 Å². The van der Waals surface area contributed by atoms with E-state index in [2.05, 4.69) is 23.1 Å². The topological polar surface area (TPSA) is 32.8 Å². The molecular formula is C20H21FN2O2. The maximum Gasteiger partial charge on any atom is 0.231 e. The standard InChI is InChI=1S/C20H21FN2O2/c21-17-4-1-15(2-5-17)13-20(24)23-8-7-16-3-6-18(14-19(16)23)22-9-11-25-12-10-22/h1-6,14H,7-13H2. The van der Waals surface area contributed by atoms with Crippen molar-refractivity contribution in [2.24, 2.45) is 0 Å². The first-order valence-corrected chi connectivity index (χ1v) is 8.71. The number of ether oxygens (including phenoxy) is 1. The van der Waals surface area contributed by atoms with Crippen molar-refractivity contribution in [3.8, 4) is 0 Å². The minimum Gasteiger partial charge on any atom is -0.378 e. The first-order chi connectivity index (χ1) is 12.2. The molecule has 1 fully saturated rings. The fourth-order valence-electron chi connectivity index (χ4n) is 3.52. The van der Waals surface area contributed by atoms with Crippen LogP contribution in [-0.4, -0.2) is 38.8 Å². The molecule has 0 unspecified atom stereocenters. The Bertz CT molecular complexity index is 770. The average molecular weight is 340 g/mol. The highest BCUT2D eigenvalue weighted by Crippen LogP contribution is 2.33. The number of benzene rings is 2. The van der Waals surface area contributed by atoms with Crippen molar-refractivity contribution in [2.75, 3.05) is 42.6 Å². The lowest BCUT2D eigenvalue weighted by molar-refractivity contribution is -0.117. The van der Waals surface area contributed by atoms with E-state index in [1.807, 2.05) is 4.90 Å². The van der Waals surface area contributed by atoms with Gasteiger partial charge in [0.25, 0.3) is 0 Å². The summed E-state index contributed by atoms with van der Waals surface area (Å²) in [5.74, 6) is -0.220. The van der Waals surface area contributed by atoms with Gasteiger partial charge in [0.05, 0.1) is 19.6 Å². The van der Waals surface area contributed by atoms with E-state index in [-0.39, 0.29) is 11.7 Å². The van der Waals surface area contributed by atoms with Crippen molar-refractivity contribution >= 4 is 17.3 Å². The van der Waals surface area contributed by atoms with Gasteiger partial charge in [-0.3, -0.25) is 4.79 Å². The Morgan fingerprint density at radius 1 is 1.04 bits per heavy atom. The van der Waals surface area contributed by atoms with Crippen LogP contribution in [0.1, 0.15) is 11.1 Å². The summed E-state index contributed by atoms with van der Waals surface area (Å²) in [5, 5.41) is 0. The van der Waals surface area contributed by atoms with Gasteiger partial charge >= 0.3 is 0 Å². The third-order valence-corrected chi connectivity index (χ3v) is 4.91. The smallest absolute Gasteiger partial charge is 0.231 e. The molecule has 0 radical (unpaired) electrons. The van der Waals surface area contributed by atoms with Gasteiger partial charge in [-0.05, 0) is 41.8 Å². The second-order valence-corrected chi connectivity index (χ2v) is 6.51. The Hall–Kier alpha value is -2.40. The molecule has 2 heterocycles. The quantitative estimate of drug-likeness (QED) is 0.861. The van der Waals surface area contributed by atoms with Crippen molar-refractivity contribution < 1.29 is 13.9 Å². The van der Waals surface area contributed by atoms with E-state index in [0.717, 1.165) is 49.7 Å². The lowest BCUT2D eigenvalue weighted by Gasteiger charge is -2.29. The molecule has 4 rings (SSSR count). The zero-order valence-electron chi connectivity index (χ0n) is 14.1. The molecule has 1 amide bonds. The lowest BCUT2D eigenvalue weighted by Crippen LogP contribution is -2.36. The van der Waals surface area contributed by atoms with Crippen LogP contribution in [0.15, 0.2) is 42.5 Å². The number of halogens is 1. The third kappa shape index (κ3) is 3.37. The summed E-state index contributed by atoms with van der Waals surface area (Å²) < 4.78 is 18.4. The number of amides is 1. The van der Waals surface area contributed by atoms with Crippen LogP contribution >= 0.6 is 0 Å². The summed E-state index contributed by atoms with van der Waals surface area (Å²) in [5.41, 5.74) is 4.20. The predicted octanol–water partition coefficient (Wildman–Crippen LogP) is 2.79. The van der Waals surface area contributed by atoms with E-state index < -0.39 is 0 Å². The van der Waals surface area contributed by atoms with Gasteiger partial charge < -0.3 is 14.5 Å². The van der Waals surface area contributed by atoms with E-state index in [4.69, 9.17) is 4.74 Å². The van der Waals surface area contributed by atoms with Crippen LogP contribution < -0.4 is 9.80 Å². The van der Waals surface area contributed by atoms with Crippen molar-refractivity contribution in [2.45, 2.75) is 12.8 Å². The number of hydrogen-bond donors (Lipinski definition) is 0. The Morgan fingerprint density at radius 3 is 2.56 bits per heavy atom. The van der Waals surface area contributed by atoms with E-state index in [1.165, 1.54) is 17.7 Å². The van der Waals surface area contributed by atoms with E-state index in [0.29, 0.717) is 13.0 Å². The first kappa shape index (κ1) is 16.1. The maximum absolute atomic E-state index is 13.0. The Balaban J connectivity index is 1.53. The second-order valence-electron chi connectivity index (χ2n) is 6.51. The highest BCUT2D eigenvalue weighted by molar-refractivity contribution is 5.97. The Morgan fingerprint density at radius 2 is 1.80 bits per heavy atom. The van der Waals surface area contributed by atoms with Crippen molar-refractivity contribution in [3.63, 3.8) is 0 Å². The Labute approximate surface area is 146 Å². The molecule has 0 saturated carbocycles. The first-order valence-electron chi connectivity index (χ1n) is 8.71. The summed E-state index contributed by atoms with van der Waals surface area (Å²) in [6, 6.07) is 12.5. The molecule has 5 heteroatoms. The third-order valence-electron chi connectivity index (χ3n) is 4.91. The number of morpholine rings is 1. The van der Waals surface area contributed by atoms with Crippen LogP contribution in [0, 0.1) is 5.82 Å². The zero-order valence-corrected chi connectivity index (χ0v) is 14.1. The minimum atomic E-state index is -0.280. The normalized spacial score (nSPS) is 16.8. The fourth-order valence-corrected chi connectivity index (χ4v) is 3.52. The van der Waals surface area contributed by atoms with E-state index in [9.17, 15) is 9.18 Å². The van der Waals surface area contributed by atoms with Crippen LogP contribution in [-0.2, 0) is 22.4 Å². The molecule has 2 aromatic carbocycles. The summed E-state index contributed by atoms with van der Waals surface area (Å²) >= 11 is 0. The van der Waals surface area contributed by atoms with Crippen molar-refractivity contribution in [3.05, 3.63) is 59.4 Å². The summed E-state index contributed by atoms with van der Waals surface area (Å²) in [7, 11) is 0. The molecule has 0 atom stereocenters. The fraction of sp³-hybridized carbons (Fsp3) is 0.350. The van der Waals surface area contributed by atoms with Crippen LogP contribution in [0.2, 0.25) is 0 Å². The van der Waals surface area contributed by atoms with Gasteiger partial charge in [-0.25, -0.2) is 4.39 Å². The molecule has 2 aromatic rings. The molecule has 4 nitrogen and oxygen atoms in total. The molecule has 25 heavy (non-hydrogen) atoms. The summed E-state index contributed by atoms with van der Waals surface area (Å²) in [4.78, 5) is 16.9. The highest BCUT2D eigenvalue weighted by atomic mass is 19.1. The van der Waals surface area contributed by atoms with Crippen molar-refractivity contribution in [1.29, 1.82) is 0 Å². The van der Waals surface area contributed by atoms with Gasteiger partial charge in [0.2, 0.25) is 5.91 Å². The van der Waals surface area contributed by atoms with Gasteiger partial charge in [-0.2, -0.15) is 0 Å². The van der Waals surface area contributed by atoms with Gasteiger partial charge in [-0.15, -0.1) is 0 Å². The van der Waals surface area contributed by atoms with E-state index >= 15 is 0 Å². The molecule has 0 spiro atoms. The number of fused-ring (bicyclic) bond motifs is 1. The van der Waals surface area contributed by atoms with Crippen LogP contribution in [0.3, 0.4) is 0 Å². The number of carbonyl (C=O) groups excluding carboxylic acids is 1. The minimum absolute atomic E-state index is 0.0597. The molecule has 1 saturated heterocycles. The molecule has 2 aliphatic heterocycles. The van der Waals surface area contributed by atoms with E-state index in [1.54, 1.807) is 12.1 Å². The maximum atomic E-state index is 13.0. The van der Waals surface area contributed by atoms with Gasteiger partial charge in [0.1, 0.15) is 5.82 Å². The number of nitrogens with zero attached hydrogens (tertiary/aromatic N) is 2. The van der Waals surface area contributed by atoms with Gasteiger partial charge in [0.15, 0.2) is 0 Å². The molecule has 0 bridgehead atoms. The second kappa shape index (κ2) is 6.84. The Kier molecular flexibility index (Phi) is 4.40. The molecule has 0 aromatic heterocycles. The summed E-state index contributed by atoms with van der Waals surface area (Å²) in [6.07, 6.45) is 1.18. The largest absolute Gasteiger partial charge is 0.378 e. The lowest BCUT2D eigenvalue weighted by atomic mass is 10.1. The van der Waals surface area contributed by atoms with Gasteiger partial charge in [-0.1, -0.05) is 18.2 Å². The molecule has 2 aliphatic rings. The molecular weight excluding hydrogens is 319 g/mol. The van der Waals surface area contributed by atoms with Crippen LogP contribution in [0.5, 0.6) is 0 Å². The number of rotatable bonds is 3. The molecule has 0 N–H and O–H groups in total. The summed E-state index contributed by atoms with van der Waals surface area (Å²) in [6.45, 7) is 3.95. The number of hydrogen-bond acceptors (Lipinski definition) is 3. The molecule has 0 aliphatic carbocycles. The number of anilines is 2. The monoisotopic (exact) mass is 340 g/mol. The van der Waals surface area contributed by atoms with Crippen molar-refractivity contribution in [1.82, 2.24) is 0 Å². The highest BCUT2D eigenvalue weighted by Gasteiger charge is 2.26.